The van der Waals surface area contributed by atoms with Crippen LogP contribution in [-0.2, 0) is 6.18 Å². The molecule has 2 heterocycles. The summed E-state index contributed by atoms with van der Waals surface area (Å²) in [5.74, 6) is 0.900. The van der Waals surface area contributed by atoms with Crippen molar-refractivity contribution in [3.63, 3.8) is 0 Å². The second kappa shape index (κ2) is 9.60. The molecule has 1 saturated carbocycles. The fourth-order valence-corrected chi connectivity index (χ4v) is 1.72. The van der Waals surface area contributed by atoms with Crippen LogP contribution in [0.15, 0.2) is 12.4 Å². The lowest BCUT2D eigenvalue weighted by Crippen LogP contribution is -2.14. The molecule has 0 amide bonds. The van der Waals surface area contributed by atoms with E-state index < -0.39 is 11.7 Å². The van der Waals surface area contributed by atoms with Crippen molar-refractivity contribution in [3.8, 4) is 6.57 Å². The number of halogens is 3. The molecular formula is C16H22F3N7. The number of H-pyrrole nitrogens is 1. The van der Waals surface area contributed by atoms with Gasteiger partial charge in [-0.1, -0.05) is 19.8 Å². The first-order chi connectivity index (χ1) is 12.3. The van der Waals surface area contributed by atoms with Crippen molar-refractivity contribution in [3.05, 3.63) is 23.7 Å². The third-order valence-electron chi connectivity index (χ3n) is 3.38. The maximum atomic E-state index is 12.8. The van der Waals surface area contributed by atoms with Crippen molar-refractivity contribution in [2.45, 2.75) is 39.8 Å². The number of anilines is 3. The minimum Gasteiger partial charge on any atom is -0.370 e. The van der Waals surface area contributed by atoms with E-state index in [1.165, 1.54) is 19.0 Å². The van der Waals surface area contributed by atoms with Gasteiger partial charge >= 0.3 is 6.18 Å². The largest absolute Gasteiger partial charge is 0.421 e. The molecule has 7 nitrogen and oxygen atoms in total. The monoisotopic (exact) mass is 369 g/mol. The van der Waals surface area contributed by atoms with E-state index in [1.807, 2.05) is 0 Å². The molecule has 1 aliphatic rings. The minimum atomic E-state index is -4.50. The Morgan fingerprint density at radius 1 is 1.31 bits per heavy atom. The first-order valence-corrected chi connectivity index (χ1v) is 8.02. The van der Waals surface area contributed by atoms with Crippen molar-refractivity contribution >= 4 is 17.5 Å². The quantitative estimate of drug-likeness (QED) is 0.744. The average Bonchev–Trinajstić information content (AvgIpc) is 3.27. The Labute approximate surface area is 150 Å². The van der Waals surface area contributed by atoms with Gasteiger partial charge in [-0.05, 0) is 19.8 Å². The molecule has 0 aromatic carbocycles. The lowest BCUT2D eigenvalue weighted by atomic mass is 10.3. The normalized spacial score (nSPS) is 12.9. The van der Waals surface area contributed by atoms with Gasteiger partial charge in [0.2, 0.25) is 5.95 Å². The van der Waals surface area contributed by atoms with Gasteiger partial charge in [-0.25, -0.2) is 10.2 Å². The van der Waals surface area contributed by atoms with Gasteiger partial charge in [0.25, 0.3) is 0 Å². The third-order valence-corrected chi connectivity index (χ3v) is 3.38. The zero-order valence-corrected chi connectivity index (χ0v) is 14.9. The zero-order valence-electron chi connectivity index (χ0n) is 14.9. The van der Waals surface area contributed by atoms with Crippen LogP contribution in [0.3, 0.4) is 0 Å². The van der Waals surface area contributed by atoms with E-state index in [9.17, 15) is 13.2 Å². The Hall–Kier alpha value is -2.83. The second-order valence-electron chi connectivity index (χ2n) is 5.70. The van der Waals surface area contributed by atoms with Gasteiger partial charge in [-0.2, -0.15) is 23.3 Å². The highest BCUT2D eigenvalue weighted by Gasteiger charge is 2.35. The molecule has 3 N–H and O–H groups in total. The van der Waals surface area contributed by atoms with Gasteiger partial charge in [0.05, 0.1) is 17.6 Å². The molecule has 0 radical (unpaired) electrons. The Balaban J connectivity index is 0.000000484. The topological polar surface area (TPSA) is 102 Å². The summed E-state index contributed by atoms with van der Waals surface area (Å²) in [5, 5.41) is 18.4. The summed E-state index contributed by atoms with van der Waals surface area (Å²) in [4.78, 5) is 7.53. The van der Waals surface area contributed by atoms with Gasteiger partial charge < -0.3 is 10.6 Å². The average molecular weight is 369 g/mol. The molecule has 0 unspecified atom stereocenters. The van der Waals surface area contributed by atoms with Crippen LogP contribution in [0, 0.1) is 24.7 Å². The van der Waals surface area contributed by atoms with Gasteiger partial charge in [0, 0.05) is 19.3 Å². The van der Waals surface area contributed by atoms with E-state index >= 15 is 0 Å². The van der Waals surface area contributed by atoms with E-state index in [1.54, 1.807) is 13.8 Å². The summed E-state index contributed by atoms with van der Waals surface area (Å²) in [6.45, 7) is 9.56. The molecular weight excluding hydrogens is 347 g/mol. The fraction of sp³-hybridized carbons (Fsp3) is 0.500. The summed E-state index contributed by atoms with van der Waals surface area (Å²) in [5.41, 5.74) is 0.444. The van der Waals surface area contributed by atoms with E-state index in [2.05, 4.69) is 44.3 Å². The summed E-state index contributed by atoms with van der Waals surface area (Å²) in [7, 11) is 0. The second-order valence-corrected chi connectivity index (χ2v) is 5.70. The Bertz CT molecular complexity index is 705. The van der Waals surface area contributed by atoms with Gasteiger partial charge in [0.1, 0.15) is 11.4 Å². The van der Waals surface area contributed by atoms with Crippen molar-refractivity contribution in [2.24, 2.45) is 5.92 Å². The zero-order chi connectivity index (χ0) is 19.7. The molecule has 10 heteroatoms. The minimum absolute atomic E-state index is 0.0680. The molecule has 2 aromatic rings. The number of nitrogens with zero attached hydrogens (tertiary/aromatic N) is 4. The third kappa shape index (κ3) is 6.58. The van der Waals surface area contributed by atoms with Crippen LogP contribution in [0.2, 0.25) is 0 Å². The molecule has 26 heavy (non-hydrogen) atoms. The summed E-state index contributed by atoms with van der Waals surface area (Å²) in [6, 6.07) is 0. The molecule has 0 aliphatic heterocycles. The molecule has 0 spiro atoms. The van der Waals surface area contributed by atoms with Crippen molar-refractivity contribution in [1.29, 1.82) is 5.26 Å². The number of nitrogens with one attached hydrogen (secondary N) is 3. The molecule has 142 valence electrons. The highest BCUT2D eigenvalue weighted by molar-refractivity contribution is 5.57. The van der Waals surface area contributed by atoms with Crippen molar-refractivity contribution in [2.75, 3.05) is 17.2 Å². The number of rotatable bonds is 4. The summed E-state index contributed by atoms with van der Waals surface area (Å²) >= 11 is 0. The number of hydrogen-bond donors (Lipinski definition) is 3. The molecule has 0 bridgehead atoms. The molecule has 2 aromatic heterocycles. The Kier molecular flexibility index (Phi) is 7.83. The SMILES string of the molecule is C#N.CC1CC1.CCNc1nc(Nc2cn[nH]c2C)ncc1C(F)(F)F. The van der Waals surface area contributed by atoms with Gasteiger partial charge in [0.15, 0.2) is 0 Å². The smallest absolute Gasteiger partial charge is 0.370 e. The van der Waals surface area contributed by atoms with Crippen LogP contribution in [0.4, 0.5) is 30.6 Å². The predicted octanol–water partition coefficient (Wildman–Crippen LogP) is 4.26. The van der Waals surface area contributed by atoms with Crippen LogP contribution >= 0.6 is 0 Å². The number of hydrogen-bond acceptors (Lipinski definition) is 6. The first-order valence-electron chi connectivity index (χ1n) is 8.02. The van der Waals surface area contributed by atoms with E-state index in [0.29, 0.717) is 12.2 Å². The molecule has 0 saturated heterocycles. The summed E-state index contributed by atoms with van der Waals surface area (Å²) in [6.07, 6.45) is 0.730. The molecule has 3 rings (SSSR count). The lowest BCUT2D eigenvalue weighted by molar-refractivity contribution is -0.137. The standard InChI is InChI=1S/C11H13F3N6.C4H8.CHN/c1-3-15-9-7(11(12,13)14)4-16-10(19-9)18-8-5-17-20-6(8)2;1-4-2-3-4;1-2/h4-5H,3H2,1-2H3,(H,17,20)(H2,15,16,18,19);4H,2-3H2,1H3;1H. The van der Waals surface area contributed by atoms with E-state index in [-0.39, 0.29) is 11.8 Å². The molecule has 0 atom stereocenters. The maximum absolute atomic E-state index is 12.8. The number of nitriles is 1. The predicted molar refractivity (Wildman–Crippen MR) is 92.9 cm³/mol. The van der Waals surface area contributed by atoms with E-state index in [4.69, 9.17) is 5.26 Å². The Morgan fingerprint density at radius 3 is 2.35 bits per heavy atom. The van der Waals surface area contributed by atoms with Crippen LogP contribution in [0.1, 0.15) is 37.9 Å². The fourth-order valence-electron chi connectivity index (χ4n) is 1.72. The highest BCUT2D eigenvalue weighted by atomic mass is 19.4. The van der Waals surface area contributed by atoms with Crippen LogP contribution in [-0.4, -0.2) is 26.7 Å². The van der Waals surface area contributed by atoms with Crippen LogP contribution < -0.4 is 10.6 Å². The van der Waals surface area contributed by atoms with Crippen molar-refractivity contribution < 1.29 is 13.2 Å². The number of aryl methyl sites for hydroxylation is 1. The first kappa shape index (κ1) is 21.2. The van der Waals surface area contributed by atoms with Crippen LogP contribution in [0.25, 0.3) is 0 Å². The molecule has 1 fully saturated rings. The number of aromatic amines is 1. The summed E-state index contributed by atoms with van der Waals surface area (Å²) < 4.78 is 38.4. The van der Waals surface area contributed by atoms with E-state index in [0.717, 1.165) is 17.8 Å². The van der Waals surface area contributed by atoms with Gasteiger partial charge in [-0.3, -0.25) is 5.10 Å². The van der Waals surface area contributed by atoms with Crippen LogP contribution in [0.5, 0.6) is 0 Å². The van der Waals surface area contributed by atoms with Gasteiger partial charge in [-0.15, -0.1) is 0 Å². The highest BCUT2D eigenvalue weighted by Crippen LogP contribution is 2.34. The Morgan fingerprint density at radius 2 is 1.92 bits per heavy atom. The number of alkyl halides is 3. The van der Waals surface area contributed by atoms with Crippen molar-refractivity contribution in [1.82, 2.24) is 20.2 Å². The molecule has 1 aliphatic carbocycles. The maximum Gasteiger partial charge on any atom is 0.421 e. The number of aromatic nitrogens is 4. The lowest BCUT2D eigenvalue weighted by Gasteiger charge is -2.13.